The van der Waals surface area contributed by atoms with Crippen LogP contribution in [0.25, 0.3) is 11.0 Å². The average Bonchev–Trinajstić information content (AvgIpc) is 2.89. The zero-order valence-corrected chi connectivity index (χ0v) is 12.9. The molecule has 114 valence electrons. The SMILES string of the molecule is OC[C@H]1O[C@H](n2c(=S)[nH]c3cc(Cl)c(Cl)cc32)[C@H](O)[C@@H]1O. The third-order valence-corrected chi connectivity index (χ3v) is 4.55. The van der Waals surface area contributed by atoms with Crippen LogP contribution in [0.4, 0.5) is 0 Å². The second-order valence-electron chi connectivity index (χ2n) is 4.81. The first-order valence-electron chi connectivity index (χ1n) is 6.15. The van der Waals surface area contributed by atoms with Crippen molar-refractivity contribution in [1.82, 2.24) is 9.55 Å². The zero-order chi connectivity index (χ0) is 15.3. The summed E-state index contributed by atoms with van der Waals surface area (Å²) in [6.07, 6.45) is -4.22. The molecule has 6 nitrogen and oxygen atoms in total. The Kier molecular flexibility index (Phi) is 4.00. The molecule has 1 saturated heterocycles. The summed E-state index contributed by atoms with van der Waals surface area (Å²) in [6, 6.07) is 3.22. The van der Waals surface area contributed by atoms with E-state index in [1.807, 2.05) is 0 Å². The van der Waals surface area contributed by atoms with E-state index >= 15 is 0 Å². The number of rotatable bonds is 2. The van der Waals surface area contributed by atoms with E-state index in [9.17, 15) is 10.2 Å². The Balaban J connectivity index is 2.15. The van der Waals surface area contributed by atoms with E-state index in [4.69, 9.17) is 45.3 Å². The molecule has 21 heavy (non-hydrogen) atoms. The minimum absolute atomic E-state index is 0.290. The number of aromatic amines is 1. The van der Waals surface area contributed by atoms with Crippen LogP contribution < -0.4 is 0 Å². The van der Waals surface area contributed by atoms with Crippen LogP contribution in [-0.2, 0) is 4.74 Å². The number of imidazole rings is 1. The topological polar surface area (TPSA) is 90.6 Å². The standard InChI is InChI=1S/C12H12Cl2N2O4S/c13-4-1-6-7(2-5(4)14)16(12(21)15-6)11-10(19)9(18)8(3-17)20-11/h1-2,8-11,17-19H,3H2,(H,15,21)/t8-,9-,10-,11+/m1/s1. The number of hydrogen-bond donors (Lipinski definition) is 4. The molecule has 2 aromatic rings. The van der Waals surface area contributed by atoms with Gasteiger partial charge in [0, 0.05) is 0 Å². The van der Waals surface area contributed by atoms with Gasteiger partial charge in [-0.25, -0.2) is 0 Å². The maximum atomic E-state index is 10.1. The molecule has 3 rings (SSSR count). The lowest BCUT2D eigenvalue weighted by atomic mass is 10.1. The number of aliphatic hydroxyl groups excluding tert-OH is 3. The van der Waals surface area contributed by atoms with Crippen molar-refractivity contribution in [2.24, 2.45) is 0 Å². The van der Waals surface area contributed by atoms with Crippen molar-refractivity contribution in [3.8, 4) is 0 Å². The van der Waals surface area contributed by atoms with Gasteiger partial charge in [-0.3, -0.25) is 4.57 Å². The van der Waals surface area contributed by atoms with Crippen molar-refractivity contribution in [2.45, 2.75) is 24.5 Å². The molecule has 0 radical (unpaired) electrons. The predicted octanol–water partition coefficient (Wildman–Crippen LogP) is 1.62. The first kappa shape index (κ1) is 15.2. The van der Waals surface area contributed by atoms with Crippen molar-refractivity contribution >= 4 is 46.5 Å². The average molecular weight is 351 g/mol. The number of aromatic nitrogens is 2. The highest BCUT2D eigenvalue weighted by molar-refractivity contribution is 7.71. The first-order chi connectivity index (χ1) is 9.93. The number of halogens is 2. The second-order valence-corrected chi connectivity index (χ2v) is 6.01. The number of ether oxygens (including phenoxy) is 1. The third kappa shape index (κ3) is 2.39. The molecule has 1 aromatic heterocycles. The number of nitrogens with zero attached hydrogens (tertiary/aromatic N) is 1. The fourth-order valence-electron chi connectivity index (χ4n) is 2.47. The van der Waals surface area contributed by atoms with Gasteiger partial charge in [0.05, 0.1) is 27.7 Å². The molecule has 0 unspecified atom stereocenters. The normalized spacial score (nSPS) is 29.4. The Hall–Kier alpha value is -0.670. The lowest BCUT2D eigenvalue weighted by molar-refractivity contribution is -0.0514. The van der Waals surface area contributed by atoms with E-state index in [-0.39, 0.29) is 4.77 Å². The molecule has 0 spiro atoms. The van der Waals surface area contributed by atoms with Gasteiger partial charge in [-0.15, -0.1) is 0 Å². The summed E-state index contributed by atoms with van der Waals surface area (Å²) >= 11 is 17.2. The van der Waals surface area contributed by atoms with Gasteiger partial charge in [0.15, 0.2) is 11.0 Å². The largest absolute Gasteiger partial charge is 0.394 e. The fourth-order valence-corrected chi connectivity index (χ4v) is 3.10. The summed E-state index contributed by atoms with van der Waals surface area (Å²) in [4.78, 5) is 2.94. The van der Waals surface area contributed by atoms with E-state index in [0.29, 0.717) is 21.1 Å². The molecule has 0 bridgehead atoms. The molecule has 0 aliphatic carbocycles. The van der Waals surface area contributed by atoms with Crippen molar-refractivity contribution in [3.63, 3.8) is 0 Å². The number of H-pyrrole nitrogens is 1. The van der Waals surface area contributed by atoms with Crippen LogP contribution in [0.2, 0.25) is 10.0 Å². The predicted molar refractivity (Wildman–Crippen MR) is 80.2 cm³/mol. The van der Waals surface area contributed by atoms with E-state index < -0.39 is 31.1 Å². The van der Waals surface area contributed by atoms with Crippen molar-refractivity contribution in [3.05, 3.63) is 26.9 Å². The maximum absolute atomic E-state index is 10.1. The molecule has 4 N–H and O–H groups in total. The van der Waals surface area contributed by atoms with Crippen LogP contribution in [0.1, 0.15) is 6.23 Å². The number of hydrogen-bond acceptors (Lipinski definition) is 5. The van der Waals surface area contributed by atoms with E-state index in [0.717, 1.165) is 0 Å². The number of nitrogens with one attached hydrogen (secondary N) is 1. The highest BCUT2D eigenvalue weighted by atomic mass is 35.5. The quantitative estimate of drug-likeness (QED) is 0.618. The lowest BCUT2D eigenvalue weighted by Gasteiger charge is -2.17. The molecule has 0 saturated carbocycles. The smallest absolute Gasteiger partial charge is 0.180 e. The van der Waals surface area contributed by atoms with Gasteiger partial charge < -0.3 is 25.0 Å². The fraction of sp³-hybridized carbons (Fsp3) is 0.417. The maximum Gasteiger partial charge on any atom is 0.180 e. The van der Waals surface area contributed by atoms with E-state index in [1.54, 1.807) is 12.1 Å². The van der Waals surface area contributed by atoms with Crippen LogP contribution in [0.5, 0.6) is 0 Å². The third-order valence-electron chi connectivity index (χ3n) is 3.53. The van der Waals surface area contributed by atoms with Gasteiger partial charge in [-0.1, -0.05) is 23.2 Å². The Morgan fingerprint density at radius 2 is 1.90 bits per heavy atom. The number of aliphatic hydroxyl groups is 3. The molecule has 0 amide bonds. The van der Waals surface area contributed by atoms with Crippen LogP contribution in [-0.4, -0.2) is 49.8 Å². The van der Waals surface area contributed by atoms with Crippen LogP contribution in [0, 0.1) is 4.77 Å². The molecular formula is C12H12Cl2N2O4S. The molecule has 1 aromatic carbocycles. The highest BCUT2D eigenvalue weighted by Gasteiger charge is 2.44. The Morgan fingerprint density at radius 3 is 2.52 bits per heavy atom. The summed E-state index contributed by atoms with van der Waals surface area (Å²) in [6.45, 7) is -0.406. The molecule has 1 fully saturated rings. The highest BCUT2D eigenvalue weighted by Crippen LogP contribution is 2.34. The Labute approximate surface area is 134 Å². The van der Waals surface area contributed by atoms with Crippen molar-refractivity contribution in [2.75, 3.05) is 6.61 Å². The molecular weight excluding hydrogens is 339 g/mol. The lowest BCUT2D eigenvalue weighted by Crippen LogP contribution is -2.33. The first-order valence-corrected chi connectivity index (χ1v) is 7.32. The van der Waals surface area contributed by atoms with Gasteiger partial charge in [0.1, 0.15) is 18.3 Å². The van der Waals surface area contributed by atoms with Crippen molar-refractivity contribution < 1.29 is 20.1 Å². The number of fused-ring (bicyclic) bond motifs is 1. The summed E-state index contributed by atoms with van der Waals surface area (Å²) in [7, 11) is 0. The van der Waals surface area contributed by atoms with E-state index in [2.05, 4.69) is 4.98 Å². The Morgan fingerprint density at radius 1 is 1.24 bits per heavy atom. The summed E-state index contributed by atoms with van der Waals surface area (Å²) in [5.41, 5.74) is 1.22. The summed E-state index contributed by atoms with van der Waals surface area (Å²) in [5.74, 6) is 0. The van der Waals surface area contributed by atoms with Gasteiger partial charge in [0.25, 0.3) is 0 Å². The van der Waals surface area contributed by atoms with Crippen LogP contribution >= 0.6 is 35.4 Å². The van der Waals surface area contributed by atoms with Gasteiger partial charge in [-0.05, 0) is 24.4 Å². The number of benzene rings is 1. The second kappa shape index (κ2) is 5.51. The minimum Gasteiger partial charge on any atom is -0.394 e. The molecule has 9 heteroatoms. The van der Waals surface area contributed by atoms with Gasteiger partial charge >= 0.3 is 0 Å². The molecule has 2 heterocycles. The van der Waals surface area contributed by atoms with Crippen molar-refractivity contribution in [1.29, 1.82) is 0 Å². The summed E-state index contributed by atoms with van der Waals surface area (Å²) in [5, 5.41) is 29.8. The monoisotopic (exact) mass is 350 g/mol. The minimum atomic E-state index is -1.22. The van der Waals surface area contributed by atoms with Crippen LogP contribution in [0.3, 0.4) is 0 Å². The van der Waals surface area contributed by atoms with E-state index in [1.165, 1.54) is 4.57 Å². The van der Waals surface area contributed by atoms with Gasteiger partial charge in [0.2, 0.25) is 0 Å². The zero-order valence-electron chi connectivity index (χ0n) is 10.5. The molecule has 1 aliphatic heterocycles. The molecule has 4 atom stereocenters. The Bertz CT molecular complexity index is 747. The van der Waals surface area contributed by atoms with Crippen LogP contribution in [0.15, 0.2) is 12.1 Å². The van der Waals surface area contributed by atoms with Gasteiger partial charge in [-0.2, -0.15) is 0 Å². The summed E-state index contributed by atoms with van der Waals surface area (Å²) < 4.78 is 7.29. The molecule has 1 aliphatic rings.